The molecule has 1 saturated heterocycles. The summed E-state index contributed by atoms with van der Waals surface area (Å²) in [7, 11) is 0. The molecule has 160 valence electrons. The molecule has 2 aromatic rings. The quantitative estimate of drug-likeness (QED) is 0.496. The molecular formula is C25H32N2O2S. The SMILES string of the molecule is CC(C)c1ccc(SCC(=O)N2CCN(C=O)CC2)cc1.c1ccc(C2CC2)cc1. The van der Waals surface area contributed by atoms with Gasteiger partial charge in [0.25, 0.3) is 0 Å². The van der Waals surface area contributed by atoms with Crippen LogP contribution in [-0.2, 0) is 9.59 Å². The summed E-state index contributed by atoms with van der Waals surface area (Å²) in [5.41, 5.74) is 2.84. The van der Waals surface area contributed by atoms with Crippen LogP contribution in [0.2, 0.25) is 0 Å². The monoisotopic (exact) mass is 424 g/mol. The fourth-order valence-corrected chi connectivity index (χ4v) is 4.21. The highest BCUT2D eigenvalue weighted by Crippen LogP contribution is 2.39. The lowest BCUT2D eigenvalue weighted by atomic mass is 10.0. The van der Waals surface area contributed by atoms with E-state index < -0.39 is 0 Å². The highest BCUT2D eigenvalue weighted by Gasteiger charge is 2.22. The van der Waals surface area contributed by atoms with Gasteiger partial charge in [0.1, 0.15) is 0 Å². The van der Waals surface area contributed by atoms with E-state index in [0.29, 0.717) is 37.8 Å². The first kappa shape index (κ1) is 22.4. The van der Waals surface area contributed by atoms with Crippen molar-refractivity contribution in [3.8, 4) is 0 Å². The van der Waals surface area contributed by atoms with Crippen LogP contribution in [-0.4, -0.2) is 54.0 Å². The number of rotatable bonds is 6. The van der Waals surface area contributed by atoms with Crippen LogP contribution >= 0.6 is 11.8 Å². The summed E-state index contributed by atoms with van der Waals surface area (Å²) in [6.07, 6.45) is 3.67. The normalized spacial score (nSPS) is 16.1. The number of amides is 2. The average Bonchev–Trinajstić information content (AvgIpc) is 3.64. The van der Waals surface area contributed by atoms with Crippen molar-refractivity contribution in [2.45, 2.75) is 43.4 Å². The molecule has 1 aliphatic carbocycles. The Morgan fingerprint density at radius 3 is 2.17 bits per heavy atom. The molecule has 4 nitrogen and oxygen atoms in total. The second kappa shape index (κ2) is 11.2. The third-order valence-electron chi connectivity index (χ3n) is 5.57. The van der Waals surface area contributed by atoms with Crippen LogP contribution in [0.25, 0.3) is 0 Å². The maximum atomic E-state index is 12.1. The highest BCUT2D eigenvalue weighted by atomic mass is 32.2. The Hall–Kier alpha value is -2.27. The molecule has 2 amide bonds. The smallest absolute Gasteiger partial charge is 0.233 e. The Labute approximate surface area is 184 Å². The maximum absolute atomic E-state index is 12.1. The zero-order valence-electron chi connectivity index (χ0n) is 18.0. The van der Waals surface area contributed by atoms with E-state index >= 15 is 0 Å². The Morgan fingerprint density at radius 1 is 1.00 bits per heavy atom. The predicted octanol–water partition coefficient (Wildman–Crippen LogP) is 4.77. The molecule has 5 heteroatoms. The minimum atomic E-state index is 0.151. The van der Waals surface area contributed by atoms with Gasteiger partial charge in [-0.2, -0.15) is 0 Å². The molecule has 2 aromatic carbocycles. The van der Waals surface area contributed by atoms with Gasteiger partial charge >= 0.3 is 0 Å². The predicted molar refractivity (Wildman–Crippen MR) is 124 cm³/mol. The van der Waals surface area contributed by atoms with Crippen LogP contribution in [0.3, 0.4) is 0 Å². The summed E-state index contributed by atoms with van der Waals surface area (Å²) < 4.78 is 0. The molecular weight excluding hydrogens is 392 g/mol. The van der Waals surface area contributed by atoms with E-state index in [4.69, 9.17) is 0 Å². The molecule has 1 aliphatic heterocycles. The minimum Gasteiger partial charge on any atom is -0.342 e. The number of nitrogens with zero attached hydrogens (tertiary/aromatic N) is 2. The summed E-state index contributed by atoms with van der Waals surface area (Å²) in [5, 5.41) is 0. The molecule has 1 heterocycles. The molecule has 30 heavy (non-hydrogen) atoms. The van der Waals surface area contributed by atoms with Crippen LogP contribution < -0.4 is 0 Å². The Bertz CT molecular complexity index is 796. The summed E-state index contributed by atoms with van der Waals surface area (Å²) in [6, 6.07) is 19.2. The fourth-order valence-electron chi connectivity index (χ4n) is 3.40. The van der Waals surface area contributed by atoms with Gasteiger partial charge in [0.05, 0.1) is 5.75 Å². The van der Waals surface area contributed by atoms with E-state index in [1.54, 1.807) is 16.7 Å². The zero-order chi connectivity index (χ0) is 21.3. The number of carbonyl (C=O) groups excluding carboxylic acids is 2. The van der Waals surface area contributed by atoms with Gasteiger partial charge in [0.2, 0.25) is 12.3 Å². The number of carbonyl (C=O) groups is 2. The second-order valence-corrected chi connectivity index (χ2v) is 9.27. The van der Waals surface area contributed by atoms with Crippen molar-refractivity contribution in [2.24, 2.45) is 0 Å². The number of benzene rings is 2. The first-order valence-corrected chi connectivity index (χ1v) is 11.8. The summed E-state index contributed by atoms with van der Waals surface area (Å²) in [6.45, 7) is 6.91. The van der Waals surface area contributed by atoms with Gasteiger partial charge in [0.15, 0.2) is 0 Å². The van der Waals surface area contributed by atoms with Gasteiger partial charge in [-0.25, -0.2) is 0 Å². The number of hydrogen-bond acceptors (Lipinski definition) is 3. The Kier molecular flexibility index (Phi) is 8.38. The van der Waals surface area contributed by atoms with Gasteiger partial charge in [-0.05, 0) is 47.9 Å². The summed E-state index contributed by atoms with van der Waals surface area (Å²) in [5.74, 6) is 2.05. The van der Waals surface area contributed by atoms with Crippen molar-refractivity contribution >= 4 is 24.1 Å². The standard InChI is InChI=1S/C16H22N2O2S.C9H10/c1-13(2)14-3-5-15(6-4-14)21-11-16(20)18-9-7-17(12-19)8-10-18;1-2-4-8(5-3-1)9-6-7-9/h3-6,12-13H,7-11H2,1-2H3;1-5,9H,6-7H2. The minimum absolute atomic E-state index is 0.151. The lowest BCUT2D eigenvalue weighted by molar-refractivity contribution is -0.132. The van der Waals surface area contributed by atoms with Crippen LogP contribution in [0, 0.1) is 0 Å². The van der Waals surface area contributed by atoms with Crippen LogP contribution in [0.5, 0.6) is 0 Å². The van der Waals surface area contributed by atoms with E-state index in [0.717, 1.165) is 17.2 Å². The lowest BCUT2D eigenvalue weighted by Gasteiger charge is -2.32. The fraction of sp³-hybridized carbons (Fsp3) is 0.440. The molecule has 4 rings (SSSR count). The van der Waals surface area contributed by atoms with Crippen molar-refractivity contribution in [2.75, 3.05) is 31.9 Å². The highest BCUT2D eigenvalue weighted by molar-refractivity contribution is 8.00. The van der Waals surface area contributed by atoms with E-state index in [1.165, 1.54) is 24.0 Å². The van der Waals surface area contributed by atoms with E-state index in [-0.39, 0.29) is 5.91 Å². The Balaban J connectivity index is 0.000000234. The lowest BCUT2D eigenvalue weighted by Crippen LogP contribution is -2.48. The average molecular weight is 425 g/mol. The topological polar surface area (TPSA) is 40.6 Å². The van der Waals surface area contributed by atoms with Crippen molar-refractivity contribution in [3.05, 3.63) is 65.7 Å². The Morgan fingerprint density at radius 2 is 1.63 bits per heavy atom. The molecule has 0 atom stereocenters. The van der Waals surface area contributed by atoms with Gasteiger partial charge in [-0.15, -0.1) is 11.8 Å². The van der Waals surface area contributed by atoms with Crippen LogP contribution in [0.1, 0.15) is 49.7 Å². The van der Waals surface area contributed by atoms with E-state index in [1.807, 2.05) is 4.90 Å². The van der Waals surface area contributed by atoms with Gasteiger partial charge in [-0.1, -0.05) is 56.3 Å². The molecule has 0 spiro atoms. The molecule has 0 bridgehead atoms. The van der Waals surface area contributed by atoms with Crippen molar-refractivity contribution in [1.29, 1.82) is 0 Å². The van der Waals surface area contributed by atoms with Crippen molar-refractivity contribution < 1.29 is 9.59 Å². The molecule has 2 fully saturated rings. The van der Waals surface area contributed by atoms with E-state index in [9.17, 15) is 9.59 Å². The summed E-state index contributed by atoms with van der Waals surface area (Å²) in [4.78, 5) is 27.5. The second-order valence-electron chi connectivity index (χ2n) is 8.22. The van der Waals surface area contributed by atoms with Crippen molar-refractivity contribution in [1.82, 2.24) is 9.80 Å². The largest absolute Gasteiger partial charge is 0.342 e. The molecule has 0 aromatic heterocycles. The van der Waals surface area contributed by atoms with E-state index in [2.05, 4.69) is 68.4 Å². The van der Waals surface area contributed by atoms with Gasteiger partial charge < -0.3 is 9.80 Å². The first-order valence-electron chi connectivity index (χ1n) is 10.8. The molecule has 1 saturated carbocycles. The third kappa shape index (κ3) is 6.91. The van der Waals surface area contributed by atoms with Crippen LogP contribution in [0.15, 0.2) is 59.5 Å². The maximum Gasteiger partial charge on any atom is 0.233 e. The molecule has 0 N–H and O–H groups in total. The zero-order valence-corrected chi connectivity index (χ0v) is 18.8. The molecule has 0 unspecified atom stereocenters. The van der Waals surface area contributed by atoms with Crippen LogP contribution in [0.4, 0.5) is 0 Å². The van der Waals surface area contributed by atoms with Crippen molar-refractivity contribution in [3.63, 3.8) is 0 Å². The molecule has 0 radical (unpaired) electrons. The number of piperazine rings is 1. The first-order chi connectivity index (χ1) is 14.6. The molecule has 2 aliphatic rings. The van der Waals surface area contributed by atoms with Gasteiger partial charge in [-0.3, -0.25) is 9.59 Å². The number of thioether (sulfide) groups is 1. The number of hydrogen-bond donors (Lipinski definition) is 0. The van der Waals surface area contributed by atoms with Gasteiger partial charge in [0, 0.05) is 31.1 Å². The third-order valence-corrected chi connectivity index (χ3v) is 6.57. The summed E-state index contributed by atoms with van der Waals surface area (Å²) >= 11 is 1.57.